The van der Waals surface area contributed by atoms with Gasteiger partial charge in [-0.15, -0.1) is 0 Å². The van der Waals surface area contributed by atoms with Gasteiger partial charge in [0.1, 0.15) is 5.75 Å². The van der Waals surface area contributed by atoms with Crippen molar-refractivity contribution < 1.29 is 28.7 Å². The van der Waals surface area contributed by atoms with Gasteiger partial charge >= 0.3 is 5.97 Å². The fourth-order valence-corrected chi connectivity index (χ4v) is 2.73. The third kappa shape index (κ3) is 5.03. The summed E-state index contributed by atoms with van der Waals surface area (Å²) in [6, 6.07) is 2.97. The maximum absolute atomic E-state index is 11.5. The fraction of sp³-hybridized carbons (Fsp3) is 0.500. The van der Waals surface area contributed by atoms with Gasteiger partial charge in [0, 0.05) is 24.1 Å². The summed E-state index contributed by atoms with van der Waals surface area (Å²) in [4.78, 5) is 22.4. The Morgan fingerprint density at radius 1 is 1.46 bits per heavy atom. The highest BCUT2D eigenvalue weighted by atomic mass is 16.7. The van der Waals surface area contributed by atoms with Crippen molar-refractivity contribution in [2.45, 2.75) is 39.1 Å². The molecule has 1 aromatic carbocycles. The van der Waals surface area contributed by atoms with Gasteiger partial charge in [-0.2, -0.15) is 0 Å². The number of hydrogen-bond donors (Lipinski definition) is 0. The lowest BCUT2D eigenvalue weighted by Crippen LogP contribution is -2.22. The molecule has 0 aromatic heterocycles. The molecule has 0 amide bonds. The van der Waals surface area contributed by atoms with Crippen LogP contribution in [-0.2, 0) is 25.4 Å². The standard InChI is InChI=1S/C18H23NO7/c1-5-24-17(20)7-6-12-10-16(23-4)13(9-15(12)19(21)22)8-14-11-25-18(2,3)26-14/h6-7,9-10,14H,5,8,11H2,1-4H3. The van der Waals surface area contributed by atoms with Gasteiger partial charge < -0.3 is 18.9 Å². The zero-order chi connectivity index (χ0) is 19.3. The molecule has 0 spiro atoms. The Hall–Kier alpha value is -2.45. The molecule has 0 N–H and O–H groups in total. The van der Waals surface area contributed by atoms with Crippen molar-refractivity contribution in [2.75, 3.05) is 20.3 Å². The summed E-state index contributed by atoms with van der Waals surface area (Å²) in [5.41, 5.74) is 0.769. The van der Waals surface area contributed by atoms with Crippen LogP contribution in [0.4, 0.5) is 5.69 Å². The van der Waals surface area contributed by atoms with Crippen molar-refractivity contribution in [3.8, 4) is 5.75 Å². The molecule has 1 aliphatic heterocycles. The number of esters is 1. The number of nitro groups is 1. The zero-order valence-corrected chi connectivity index (χ0v) is 15.3. The molecule has 0 bridgehead atoms. The first kappa shape index (κ1) is 19.9. The third-order valence-corrected chi connectivity index (χ3v) is 3.83. The van der Waals surface area contributed by atoms with E-state index in [9.17, 15) is 14.9 Å². The van der Waals surface area contributed by atoms with Crippen molar-refractivity contribution >= 4 is 17.7 Å². The highest BCUT2D eigenvalue weighted by Crippen LogP contribution is 2.33. The van der Waals surface area contributed by atoms with Crippen LogP contribution in [0.2, 0.25) is 0 Å². The minimum Gasteiger partial charge on any atom is -0.496 e. The molecule has 142 valence electrons. The van der Waals surface area contributed by atoms with Gasteiger partial charge in [0.25, 0.3) is 5.69 Å². The normalized spacial score (nSPS) is 18.8. The zero-order valence-electron chi connectivity index (χ0n) is 15.3. The monoisotopic (exact) mass is 365 g/mol. The number of methoxy groups -OCH3 is 1. The molecule has 0 saturated carbocycles. The van der Waals surface area contributed by atoms with Crippen LogP contribution in [0, 0.1) is 10.1 Å². The van der Waals surface area contributed by atoms with Crippen LogP contribution in [0.1, 0.15) is 31.9 Å². The number of carbonyl (C=O) groups excluding carboxylic acids is 1. The van der Waals surface area contributed by atoms with E-state index in [1.54, 1.807) is 6.92 Å². The van der Waals surface area contributed by atoms with Crippen molar-refractivity contribution in [2.24, 2.45) is 0 Å². The van der Waals surface area contributed by atoms with Crippen LogP contribution in [0.25, 0.3) is 6.08 Å². The topological polar surface area (TPSA) is 97.1 Å². The van der Waals surface area contributed by atoms with Crippen LogP contribution in [0.3, 0.4) is 0 Å². The molecular formula is C18H23NO7. The van der Waals surface area contributed by atoms with Crippen LogP contribution in [-0.4, -0.2) is 43.1 Å². The Balaban J connectivity index is 2.31. The van der Waals surface area contributed by atoms with Crippen LogP contribution >= 0.6 is 0 Å². The van der Waals surface area contributed by atoms with Crippen LogP contribution in [0.5, 0.6) is 5.75 Å². The first-order chi connectivity index (χ1) is 12.3. The predicted octanol–water partition coefficient (Wildman–Crippen LogP) is 2.87. The summed E-state index contributed by atoms with van der Waals surface area (Å²) in [5.74, 6) is -0.761. The lowest BCUT2D eigenvalue weighted by atomic mass is 10.0. The Morgan fingerprint density at radius 2 is 2.19 bits per heavy atom. The Kier molecular flexibility index (Phi) is 6.33. The number of nitrogens with zero attached hydrogens (tertiary/aromatic N) is 1. The number of benzene rings is 1. The molecule has 1 saturated heterocycles. The average Bonchev–Trinajstić information content (AvgIpc) is 2.92. The summed E-state index contributed by atoms with van der Waals surface area (Å²) < 4.78 is 21.5. The predicted molar refractivity (Wildman–Crippen MR) is 93.9 cm³/mol. The molecule has 2 rings (SSSR count). The van der Waals surface area contributed by atoms with E-state index < -0.39 is 16.7 Å². The lowest BCUT2D eigenvalue weighted by Gasteiger charge is -2.18. The molecule has 1 aliphatic rings. The maximum atomic E-state index is 11.5. The van der Waals surface area contributed by atoms with Gasteiger partial charge in [0.15, 0.2) is 5.79 Å². The minimum absolute atomic E-state index is 0.125. The molecule has 26 heavy (non-hydrogen) atoms. The van der Waals surface area contributed by atoms with E-state index in [4.69, 9.17) is 18.9 Å². The van der Waals surface area contributed by atoms with Gasteiger partial charge in [0.2, 0.25) is 0 Å². The van der Waals surface area contributed by atoms with E-state index in [0.717, 1.165) is 6.08 Å². The summed E-state index contributed by atoms with van der Waals surface area (Å²) in [6.45, 7) is 5.94. The molecular weight excluding hydrogens is 342 g/mol. The number of carbonyl (C=O) groups is 1. The molecule has 1 fully saturated rings. The number of ether oxygens (including phenoxy) is 4. The first-order valence-electron chi connectivity index (χ1n) is 8.27. The highest BCUT2D eigenvalue weighted by molar-refractivity contribution is 5.88. The van der Waals surface area contributed by atoms with Gasteiger partial charge in [-0.3, -0.25) is 10.1 Å². The average molecular weight is 365 g/mol. The molecule has 1 aromatic rings. The number of hydrogen-bond acceptors (Lipinski definition) is 7. The van der Waals surface area contributed by atoms with E-state index in [1.165, 1.54) is 25.3 Å². The summed E-state index contributed by atoms with van der Waals surface area (Å²) in [7, 11) is 1.49. The van der Waals surface area contributed by atoms with Crippen LogP contribution < -0.4 is 4.74 Å². The number of nitro benzene ring substituents is 1. The Bertz CT molecular complexity index is 712. The quantitative estimate of drug-likeness (QED) is 0.317. The van der Waals surface area contributed by atoms with Gasteiger partial charge in [-0.1, -0.05) is 0 Å². The van der Waals surface area contributed by atoms with Gasteiger partial charge in [0.05, 0.1) is 36.9 Å². The molecule has 1 heterocycles. The largest absolute Gasteiger partial charge is 0.496 e. The van der Waals surface area contributed by atoms with E-state index in [-0.39, 0.29) is 24.0 Å². The number of rotatable bonds is 7. The van der Waals surface area contributed by atoms with Gasteiger partial charge in [-0.05, 0) is 32.9 Å². The second-order valence-corrected chi connectivity index (χ2v) is 6.22. The smallest absolute Gasteiger partial charge is 0.330 e. The van der Waals surface area contributed by atoms with Crippen LogP contribution in [0.15, 0.2) is 18.2 Å². The van der Waals surface area contributed by atoms with Crippen molar-refractivity contribution in [1.82, 2.24) is 0 Å². The van der Waals surface area contributed by atoms with E-state index in [1.807, 2.05) is 13.8 Å². The third-order valence-electron chi connectivity index (χ3n) is 3.83. The maximum Gasteiger partial charge on any atom is 0.330 e. The van der Waals surface area contributed by atoms with Crippen molar-refractivity contribution in [3.05, 3.63) is 39.4 Å². The molecule has 0 radical (unpaired) electrons. The second-order valence-electron chi connectivity index (χ2n) is 6.22. The molecule has 8 nitrogen and oxygen atoms in total. The molecule has 0 aliphatic carbocycles. The fourth-order valence-electron chi connectivity index (χ4n) is 2.73. The van der Waals surface area contributed by atoms with E-state index >= 15 is 0 Å². The Labute approximate surface area is 151 Å². The summed E-state index contributed by atoms with van der Waals surface area (Å²) in [6.07, 6.45) is 2.69. The Morgan fingerprint density at radius 3 is 2.73 bits per heavy atom. The minimum atomic E-state index is -0.674. The van der Waals surface area contributed by atoms with E-state index in [0.29, 0.717) is 24.3 Å². The van der Waals surface area contributed by atoms with Crippen molar-refractivity contribution in [3.63, 3.8) is 0 Å². The lowest BCUT2D eigenvalue weighted by molar-refractivity contribution is -0.385. The summed E-state index contributed by atoms with van der Waals surface area (Å²) in [5, 5.41) is 11.4. The van der Waals surface area contributed by atoms with Gasteiger partial charge in [-0.25, -0.2) is 4.79 Å². The molecule has 1 atom stereocenters. The van der Waals surface area contributed by atoms with Crippen molar-refractivity contribution in [1.29, 1.82) is 0 Å². The summed E-state index contributed by atoms with van der Waals surface area (Å²) >= 11 is 0. The van der Waals surface area contributed by atoms with E-state index in [2.05, 4.69) is 0 Å². The molecule has 8 heteroatoms. The second kappa shape index (κ2) is 8.29. The molecule has 1 unspecified atom stereocenters. The SMILES string of the molecule is CCOC(=O)C=Cc1cc(OC)c(CC2COC(C)(C)O2)cc1[N+](=O)[O-]. The highest BCUT2D eigenvalue weighted by Gasteiger charge is 2.33. The first-order valence-corrected chi connectivity index (χ1v) is 8.27.